The Bertz CT molecular complexity index is 628. The lowest BCUT2D eigenvalue weighted by molar-refractivity contribution is 0.0701. The van der Waals surface area contributed by atoms with Gasteiger partial charge in [0.1, 0.15) is 9.09 Å². The molecule has 0 bridgehead atoms. The highest BCUT2D eigenvalue weighted by Crippen LogP contribution is 2.29. The van der Waals surface area contributed by atoms with E-state index in [1.165, 1.54) is 13.1 Å². The van der Waals surface area contributed by atoms with E-state index in [4.69, 9.17) is 10.4 Å². The lowest BCUT2D eigenvalue weighted by Crippen LogP contribution is -2.34. The Morgan fingerprint density at radius 2 is 2.21 bits per heavy atom. The summed E-state index contributed by atoms with van der Waals surface area (Å²) in [6, 6.07) is 2.79. The average Bonchev–Trinajstić information content (AvgIpc) is 2.71. The van der Waals surface area contributed by atoms with Crippen LogP contribution in [0.1, 0.15) is 28.6 Å². The summed E-state index contributed by atoms with van der Waals surface area (Å²) in [7, 11) is -2.38. The summed E-state index contributed by atoms with van der Waals surface area (Å²) in [5, 5.41) is 17.5. The number of hydrogen-bond donors (Lipinski definition) is 1. The van der Waals surface area contributed by atoms with Crippen molar-refractivity contribution in [3.05, 3.63) is 16.5 Å². The lowest BCUT2D eigenvalue weighted by Gasteiger charge is -2.21. The molecular formula is C11H14N2O4S2. The van der Waals surface area contributed by atoms with Crippen LogP contribution in [0, 0.1) is 18.3 Å². The molecule has 0 amide bonds. The minimum atomic E-state index is -3.76. The van der Waals surface area contributed by atoms with Gasteiger partial charge in [-0.3, -0.25) is 0 Å². The van der Waals surface area contributed by atoms with Crippen LogP contribution in [-0.4, -0.2) is 36.9 Å². The van der Waals surface area contributed by atoms with Crippen LogP contribution in [0.3, 0.4) is 0 Å². The third-order valence-electron chi connectivity index (χ3n) is 2.73. The molecule has 0 aliphatic rings. The minimum Gasteiger partial charge on any atom is -0.477 e. The van der Waals surface area contributed by atoms with E-state index in [2.05, 4.69) is 0 Å². The minimum absolute atomic E-state index is 0.0138. The zero-order valence-corrected chi connectivity index (χ0v) is 12.4. The van der Waals surface area contributed by atoms with Gasteiger partial charge in [0.05, 0.1) is 12.5 Å². The van der Waals surface area contributed by atoms with Crippen molar-refractivity contribution in [2.75, 3.05) is 7.05 Å². The van der Waals surface area contributed by atoms with Gasteiger partial charge in [0.25, 0.3) is 10.0 Å². The maximum atomic E-state index is 12.3. The van der Waals surface area contributed by atoms with E-state index in [9.17, 15) is 13.2 Å². The number of hydrogen-bond acceptors (Lipinski definition) is 5. The Hall–Kier alpha value is -1.43. The second-order valence-corrected chi connectivity index (χ2v) is 7.39. The van der Waals surface area contributed by atoms with Gasteiger partial charge in [-0.25, -0.2) is 13.2 Å². The lowest BCUT2D eigenvalue weighted by atomic mass is 10.3. The van der Waals surface area contributed by atoms with Gasteiger partial charge in [0.2, 0.25) is 0 Å². The van der Waals surface area contributed by atoms with Crippen LogP contribution in [0.25, 0.3) is 0 Å². The number of carbonyl (C=O) groups is 1. The number of thiophene rings is 1. The van der Waals surface area contributed by atoms with Gasteiger partial charge in [-0.1, -0.05) is 0 Å². The third-order valence-corrected chi connectivity index (χ3v) is 6.38. The highest BCUT2D eigenvalue weighted by molar-refractivity contribution is 7.91. The molecule has 0 radical (unpaired) electrons. The zero-order chi connectivity index (χ0) is 14.8. The van der Waals surface area contributed by atoms with Crippen LogP contribution in [0.4, 0.5) is 0 Å². The molecule has 0 aliphatic heterocycles. The molecule has 0 fully saturated rings. The van der Waals surface area contributed by atoms with Gasteiger partial charge in [-0.05, 0) is 25.5 Å². The normalized spacial score (nSPS) is 13.2. The molecule has 0 spiro atoms. The molecule has 6 nitrogen and oxygen atoms in total. The molecule has 0 saturated carbocycles. The Balaban J connectivity index is 3.18. The van der Waals surface area contributed by atoms with Crippen molar-refractivity contribution >= 4 is 27.3 Å². The van der Waals surface area contributed by atoms with Crippen molar-refractivity contribution in [2.45, 2.75) is 30.5 Å². The fourth-order valence-corrected chi connectivity index (χ4v) is 4.36. The number of aryl methyl sites for hydroxylation is 1. The van der Waals surface area contributed by atoms with Gasteiger partial charge in [0.15, 0.2) is 0 Å². The predicted molar refractivity (Wildman–Crippen MR) is 70.7 cm³/mol. The van der Waals surface area contributed by atoms with Gasteiger partial charge in [-0.15, -0.1) is 11.3 Å². The molecule has 1 atom stereocenters. The topological polar surface area (TPSA) is 98.5 Å². The van der Waals surface area contributed by atoms with Crippen LogP contribution in [0.15, 0.2) is 10.3 Å². The summed E-state index contributed by atoms with van der Waals surface area (Å²) in [5.41, 5.74) is 0.414. The standard InChI is InChI=1S/C11H14N2O4S2/c1-7-6-9(18-10(7)11(14)15)19(16,17)13(3)8(2)4-5-12/h6,8H,4H2,1-3H3,(H,14,15). The Kier molecular flexibility index (Phi) is 4.68. The maximum absolute atomic E-state index is 12.3. The molecule has 1 unspecified atom stereocenters. The summed E-state index contributed by atoms with van der Waals surface area (Å²) >= 11 is 0.726. The molecule has 104 valence electrons. The second-order valence-electron chi connectivity index (χ2n) is 4.12. The number of carboxylic acid groups (broad SMARTS) is 1. The number of carboxylic acids is 1. The molecule has 1 N–H and O–H groups in total. The maximum Gasteiger partial charge on any atom is 0.346 e. The number of nitriles is 1. The van der Waals surface area contributed by atoms with Crippen molar-refractivity contribution < 1.29 is 18.3 Å². The third kappa shape index (κ3) is 3.12. The van der Waals surface area contributed by atoms with Crippen molar-refractivity contribution in [1.82, 2.24) is 4.31 Å². The van der Waals surface area contributed by atoms with Crippen LogP contribution in [-0.2, 0) is 10.0 Å². The molecule has 1 rings (SSSR count). The molecular weight excluding hydrogens is 288 g/mol. The van der Waals surface area contributed by atoms with E-state index in [1.54, 1.807) is 13.8 Å². The first-order valence-corrected chi connectivity index (χ1v) is 7.66. The summed E-state index contributed by atoms with van der Waals surface area (Å²) in [6.07, 6.45) is 0.0753. The summed E-state index contributed by atoms with van der Waals surface area (Å²) in [5.74, 6) is -1.14. The molecule has 0 aliphatic carbocycles. The Morgan fingerprint density at radius 1 is 1.63 bits per heavy atom. The van der Waals surface area contributed by atoms with Crippen LogP contribution in [0.2, 0.25) is 0 Å². The first-order valence-electron chi connectivity index (χ1n) is 5.40. The summed E-state index contributed by atoms with van der Waals surface area (Å²) < 4.78 is 25.6. The van der Waals surface area contributed by atoms with Crippen molar-refractivity contribution in [3.63, 3.8) is 0 Å². The molecule has 0 saturated heterocycles. The van der Waals surface area contributed by atoms with E-state index in [-0.39, 0.29) is 15.5 Å². The smallest absolute Gasteiger partial charge is 0.346 e. The fraction of sp³-hybridized carbons (Fsp3) is 0.455. The molecule has 0 aromatic carbocycles. The van der Waals surface area contributed by atoms with Crippen molar-refractivity contribution in [1.29, 1.82) is 5.26 Å². The fourth-order valence-electron chi connectivity index (χ4n) is 1.43. The average molecular weight is 302 g/mol. The molecule has 8 heteroatoms. The first-order chi connectivity index (χ1) is 8.71. The van der Waals surface area contributed by atoms with Crippen molar-refractivity contribution in [2.24, 2.45) is 0 Å². The van der Waals surface area contributed by atoms with E-state index in [1.807, 2.05) is 6.07 Å². The van der Waals surface area contributed by atoms with Gasteiger partial charge in [0, 0.05) is 13.1 Å². The zero-order valence-electron chi connectivity index (χ0n) is 10.7. The largest absolute Gasteiger partial charge is 0.477 e. The van der Waals surface area contributed by atoms with E-state index in [0.29, 0.717) is 5.56 Å². The number of sulfonamides is 1. The van der Waals surface area contributed by atoms with Crippen molar-refractivity contribution in [3.8, 4) is 6.07 Å². The number of rotatable bonds is 5. The molecule has 19 heavy (non-hydrogen) atoms. The Morgan fingerprint density at radius 3 is 2.63 bits per heavy atom. The van der Waals surface area contributed by atoms with Crippen LogP contribution < -0.4 is 0 Å². The van der Waals surface area contributed by atoms with E-state index >= 15 is 0 Å². The molecule has 1 aromatic rings. The van der Waals surface area contributed by atoms with Gasteiger partial charge >= 0.3 is 5.97 Å². The summed E-state index contributed by atoms with van der Waals surface area (Å²) in [4.78, 5) is 10.9. The number of aromatic carboxylic acids is 1. The molecule has 1 heterocycles. The van der Waals surface area contributed by atoms with E-state index < -0.39 is 22.0 Å². The van der Waals surface area contributed by atoms with Gasteiger partial charge in [-0.2, -0.15) is 9.57 Å². The quantitative estimate of drug-likeness (QED) is 0.892. The summed E-state index contributed by atoms with van der Waals surface area (Å²) in [6.45, 7) is 3.18. The van der Waals surface area contributed by atoms with E-state index in [0.717, 1.165) is 15.6 Å². The highest BCUT2D eigenvalue weighted by atomic mass is 32.2. The monoisotopic (exact) mass is 302 g/mol. The van der Waals surface area contributed by atoms with Crippen LogP contribution >= 0.6 is 11.3 Å². The number of nitrogens with zero attached hydrogens (tertiary/aromatic N) is 2. The second kappa shape index (κ2) is 5.69. The SMILES string of the molecule is Cc1cc(S(=O)(=O)N(C)C(C)CC#N)sc1C(=O)O. The Labute approximate surface area is 115 Å². The highest BCUT2D eigenvalue weighted by Gasteiger charge is 2.28. The van der Waals surface area contributed by atoms with Crippen LogP contribution in [0.5, 0.6) is 0 Å². The molecule has 1 aromatic heterocycles. The first kappa shape index (κ1) is 15.6. The van der Waals surface area contributed by atoms with Gasteiger partial charge < -0.3 is 5.11 Å². The predicted octanol–water partition coefficient (Wildman–Crippen LogP) is 1.68.